The van der Waals surface area contributed by atoms with E-state index in [9.17, 15) is 0 Å². The van der Waals surface area contributed by atoms with Crippen LogP contribution in [-0.2, 0) is 9.47 Å². The first-order valence-electron chi connectivity index (χ1n) is 4.44. The number of rotatable bonds is 2. The number of ether oxygens (including phenoxy) is 2. The maximum absolute atomic E-state index is 5.57. The first-order chi connectivity index (χ1) is 5.77. The van der Waals surface area contributed by atoms with Crippen LogP contribution in [0.25, 0.3) is 0 Å². The average Bonchev–Trinajstić information content (AvgIpc) is 2.83. The Kier molecular flexibility index (Phi) is 1.93. The molecule has 1 fully saturated rings. The van der Waals surface area contributed by atoms with E-state index in [0.29, 0.717) is 11.8 Å². The number of allylic oxidation sites excluding steroid dienone is 4. The Balaban J connectivity index is 2.01. The molecule has 1 saturated heterocycles. The molecule has 0 spiro atoms. The van der Waals surface area contributed by atoms with Crippen molar-refractivity contribution in [2.75, 3.05) is 6.61 Å². The molecule has 2 rings (SSSR count). The topological polar surface area (TPSA) is 21.8 Å². The molecule has 2 heteroatoms. The molecule has 0 radical (unpaired) electrons. The first kappa shape index (κ1) is 7.87. The molecule has 0 bridgehead atoms. The summed E-state index contributed by atoms with van der Waals surface area (Å²) in [5.74, 6) is 2.12. The van der Waals surface area contributed by atoms with Gasteiger partial charge in [0.25, 0.3) is 0 Å². The van der Waals surface area contributed by atoms with Gasteiger partial charge < -0.3 is 9.47 Å². The van der Waals surface area contributed by atoms with E-state index >= 15 is 0 Å². The van der Waals surface area contributed by atoms with E-state index in [4.69, 9.17) is 9.47 Å². The highest BCUT2D eigenvalue weighted by molar-refractivity contribution is 5.18. The minimum absolute atomic E-state index is 0.0393. The monoisotopic (exact) mass is 166 g/mol. The van der Waals surface area contributed by atoms with Crippen LogP contribution in [0.1, 0.15) is 13.8 Å². The van der Waals surface area contributed by atoms with Gasteiger partial charge >= 0.3 is 0 Å². The van der Waals surface area contributed by atoms with Crippen molar-refractivity contribution in [3.8, 4) is 0 Å². The quantitative estimate of drug-likeness (QED) is 0.586. The maximum atomic E-state index is 5.57. The molecular weight excluding hydrogens is 152 g/mol. The third kappa shape index (κ3) is 1.53. The molecular formula is C10H14O2. The van der Waals surface area contributed by atoms with E-state index in [1.54, 1.807) is 0 Å². The predicted molar refractivity (Wildman–Crippen MR) is 46.4 cm³/mol. The van der Waals surface area contributed by atoms with E-state index in [-0.39, 0.29) is 6.29 Å². The highest BCUT2D eigenvalue weighted by Gasteiger charge is 2.28. The van der Waals surface area contributed by atoms with Crippen molar-refractivity contribution in [1.29, 1.82) is 0 Å². The number of hydrogen-bond donors (Lipinski definition) is 0. The van der Waals surface area contributed by atoms with Crippen molar-refractivity contribution in [2.24, 2.45) is 11.8 Å². The van der Waals surface area contributed by atoms with Gasteiger partial charge in [0.2, 0.25) is 6.29 Å². The minimum Gasteiger partial charge on any atom is -0.466 e. The predicted octanol–water partition coefficient (Wildman–Crippen LogP) is 2.09. The van der Waals surface area contributed by atoms with E-state index in [0.717, 1.165) is 12.4 Å². The summed E-state index contributed by atoms with van der Waals surface area (Å²) in [6.07, 6.45) is 6.33. The molecule has 0 aromatic carbocycles. The minimum atomic E-state index is 0.0393. The second kappa shape index (κ2) is 2.94. The number of hydrogen-bond acceptors (Lipinski definition) is 2. The summed E-state index contributed by atoms with van der Waals surface area (Å²) in [6, 6.07) is 0. The fourth-order valence-corrected chi connectivity index (χ4v) is 1.31. The van der Waals surface area contributed by atoms with Crippen molar-refractivity contribution >= 4 is 0 Å². The first-order valence-corrected chi connectivity index (χ1v) is 4.44. The van der Waals surface area contributed by atoms with Gasteiger partial charge in [-0.05, 0) is 12.0 Å². The molecule has 2 aliphatic rings. The standard InChI is InChI=1S/C10H14O2/c1-7-4-3-5-9(8(7)2)12-10-6-11-10/h3-5,7-8,10H,6H2,1-2H3. The highest BCUT2D eigenvalue weighted by Crippen LogP contribution is 2.29. The van der Waals surface area contributed by atoms with Crippen LogP contribution in [0, 0.1) is 11.8 Å². The molecule has 2 nitrogen and oxygen atoms in total. The summed E-state index contributed by atoms with van der Waals surface area (Å²) < 4.78 is 10.6. The Morgan fingerprint density at radius 3 is 2.92 bits per heavy atom. The normalized spacial score (nSPS) is 39.2. The molecule has 3 atom stereocenters. The summed E-state index contributed by atoms with van der Waals surface area (Å²) >= 11 is 0. The van der Waals surface area contributed by atoms with E-state index < -0.39 is 0 Å². The SMILES string of the molecule is CC1C=CC=C(OC2CO2)C1C. The molecule has 1 aliphatic carbocycles. The van der Waals surface area contributed by atoms with Crippen molar-refractivity contribution in [1.82, 2.24) is 0 Å². The maximum Gasteiger partial charge on any atom is 0.223 e. The average molecular weight is 166 g/mol. The lowest BCUT2D eigenvalue weighted by Crippen LogP contribution is -2.14. The van der Waals surface area contributed by atoms with Crippen LogP contribution >= 0.6 is 0 Å². The van der Waals surface area contributed by atoms with Gasteiger partial charge in [-0.25, -0.2) is 0 Å². The molecule has 0 aromatic heterocycles. The Hall–Kier alpha value is -0.760. The Bertz CT molecular complexity index is 226. The van der Waals surface area contributed by atoms with Crippen LogP contribution in [-0.4, -0.2) is 12.9 Å². The summed E-state index contributed by atoms with van der Waals surface area (Å²) in [4.78, 5) is 0. The molecule has 0 N–H and O–H groups in total. The Morgan fingerprint density at radius 1 is 1.50 bits per heavy atom. The Labute approximate surface area is 72.9 Å². The highest BCUT2D eigenvalue weighted by atomic mass is 16.8. The van der Waals surface area contributed by atoms with E-state index in [1.807, 2.05) is 6.08 Å². The molecule has 0 aromatic rings. The lowest BCUT2D eigenvalue weighted by molar-refractivity contribution is 0.0820. The molecule has 1 aliphatic heterocycles. The second-order valence-corrected chi connectivity index (χ2v) is 3.48. The van der Waals surface area contributed by atoms with Crippen molar-refractivity contribution in [3.63, 3.8) is 0 Å². The summed E-state index contributed by atoms with van der Waals surface area (Å²) in [6.45, 7) is 5.13. The van der Waals surface area contributed by atoms with Gasteiger partial charge in [-0.3, -0.25) is 0 Å². The van der Waals surface area contributed by atoms with Crippen LogP contribution in [0.2, 0.25) is 0 Å². The van der Waals surface area contributed by atoms with Gasteiger partial charge in [-0.15, -0.1) is 0 Å². The molecule has 3 unspecified atom stereocenters. The van der Waals surface area contributed by atoms with Crippen molar-refractivity contribution in [2.45, 2.75) is 20.1 Å². The molecule has 1 heterocycles. The zero-order valence-electron chi connectivity index (χ0n) is 7.49. The third-order valence-corrected chi connectivity index (χ3v) is 2.48. The smallest absolute Gasteiger partial charge is 0.223 e. The van der Waals surface area contributed by atoms with Crippen LogP contribution in [0.3, 0.4) is 0 Å². The molecule has 12 heavy (non-hydrogen) atoms. The van der Waals surface area contributed by atoms with Gasteiger partial charge in [0.05, 0.1) is 0 Å². The fraction of sp³-hybridized carbons (Fsp3) is 0.600. The molecule has 0 amide bonds. The zero-order chi connectivity index (χ0) is 8.55. The summed E-state index contributed by atoms with van der Waals surface area (Å²) in [5, 5.41) is 0. The van der Waals surface area contributed by atoms with E-state index in [2.05, 4.69) is 26.0 Å². The van der Waals surface area contributed by atoms with Gasteiger partial charge in [0.15, 0.2) is 0 Å². The Morgan fingerprint density at radius 2 is 2.25 bits per heavy atom. The largest absolute Gasteiger partial charge is 0.466 e. The van der Waals surface area contributed by atoms with Crippen LogP contribution < -0.4 is 0 Å². The summed E-state index contributed by atoms with van der Waals surface area (Å²) in [7, 11) is 0. The van der Waals surface area contributed by atoms with Gasteiger partial charge in [-0.2, -0.15) is 0 Å². The third-order valence-electron chi connectivity index (χ3n) is 2.48. The lowest BCUT2D eigenvalue weighted by Gasteiger charge is -2.22. The van der Waals surface area contributed by atoms with Crippen molar-refractivity contribution < 1.29 is 9.47 Å². The summed E-state index contributed by atoms with van der Waals surface area (Å²) in [5.41, 5.74) is 0. The fourth-order valence-electron chi connectivity index (χ4n) is 1.31. The van der Waals surface area contributed by atoms with Crippen LogP contribution in [0.15, 0.2) is 24.0 Å². The second-order valence-electron chi connectivity index (χ2n) is 3.48. The zero-order valence-corrected chi connectivity index (χ0v) is 7.49. The van der Waals surface area contributed by atoms with E-state index in [1.165, 1.54) is 0 Å². The van der Waals surface area contributed by atoms with Crippen LogP contribution in [0.4, 0.5) is 0 Å². The molecule has 0 saturated carbocycles. The van der Waals surface area contributed by atoms with Gasteiger partial charge in [0, 0.05) is 5.92 Å². The van der Waals surface area contributed by atoms with Crippen molar-refractivity contribution in [3.05, 3.63) is 24.0 Å². The molecule has 66 valence electrons. The van der Waals surface area contributed by atoms with Crippen LogP contribution in [0.5, 0.6) is 0 Å². The van der Waals surface area contributed by atoms with Gasteiger partial charge in [0.1, 0.15) is 12.4 Å². The lowest BCUT2D eigenvalue weighted by atomic mass is 9.90. The van der Waals surface area contributed by atoms with Gasteiger partial charge in [-0.1, -0.05) is 26.0 Å². The number of epoxide rings is 1.